The van der Waals surface area contributed by atoms with Crippen LogP contribution in [0.1, 0.15) is 29.5 Å². The number of nitriles is 1. The summed E-state index contributed by atoms with van der Waals surface area (Å²) >= 11 is 10.7. The van der Waals surface area contributed by atoms with E-state index in [0.717, 1.165) is 7.11 Å². The van der Waals surface area contributed by atoms with E-state index in [1.165, 1.54) is 31.9 Å². The van der Waals surface area contributed by atoms with Crippen molar-refractivity contribution in [1.29, 1.82) is 5.26 Å². The smallest absolute Gasteiger partial charge is 1.00 e. The molecule has 5 rings (SSSR count). The van der Waals surface area contributed by atoms with Gasteiger partial charge in [0.1, 0.15) is 18.5 Å². The molecule has 0 saturated heterocycles. The summed E-state index contributed by atoms with van der Waals surface area (Å²) in [6.07, 6.45) is 15.8. The Hall–Kier alpha value is -3.35. The predicted molar refractivity (Wildman–Crippen MR) is 182 cm³/mol. The second kappa shape index (κ2) is 39.1. The molecule has 255 valence electrons. The van der Waals surface area contributed by atoms with Crippen molar-refractivity contribution < 1.29 is 54.9 Å². The number of aromatic nitrogens is 10. The van der Waals surface area contributed by atoms with E-state index in [4.69, 9.17) is 42.9 Å². The van der Waals surface area contributed by atoms with Gasteiger partial charge in [0, 0.05) is 98.9 Å². The van der Waals surface area contributed by atoms with Gasteiger partial charge in [-0.05, 0) is 41.9 Å². The van der Waals surface area contributed by atoms with Crippen LogP contribution in [0.15, 0.2) is 92.3 Å². The van der Waals surface area contributed by atoms with Crippen molar-refractivity contribution >= 4 is 68.2 Å². The van der Waals surface area contributed by atoms with E-state index in [0.29, 0.717) is 22.8 Å². The average molecular weight is 782 g/mol. The molecule has 0 amide bonds. The van der Waals surface area contributed by atoms with Gasteiger partial charge in [0.15, 0.2) is 5.82 Å². The number of carbonyl (C=O) groups is 1. The maximum Gasteiger partial charge on any atom is 1.00 e. The molecular formula is C26H28BCl4N11NaO5S. The normalized spacial score (nSPS) is 8.16. The zero-order chi connectivity index (χ0) is 35.5. The van der Waals surface area contributed by atoms with Crippen LogP contribution in [0.2, 0.25) is 5.28 Å². The van der Waals surface area contributed by atoms with E-state index in [1.54, 1.807) is 73.6 Å². The summed E-state index contributed by atoms with van der Waals surface area (Å²) in [5.41, 5.74) is 0. The molecule has 0 aliphatic heterocycles. The predicted octanol–water partition coefficient (Wildman–Crippen LogP) is 0.313. The van der Waals surface area contributed by atoms with E-state index >= 15 is 0 Å². The van der Waals surface area contributed by atoms with Gasteiger partial charge in [0.2, 0.25) is 26.2 Å². The number of aliphatic hydroxyl groups is 2. The third kappa shape index (κ3) is 34.3. The molecule has 0 saturated carbocycles. The monoisotopic (exact) mass is 780 g/mol. The van der Waals surface area contributed by atoms with Crippen molar-refractivity contribution in [1.82, 2.24) is 49.8 Å². The first-order valence-electron chi connectivity index (χ1n) is 12.1. The van der Waals surface area contributed by atoms with E-state index < -0.39 is 15.2 Å². The standard InChI is InChI=1S/C6H6N2O2.C5H5ClN2.C5H3N3.C5H6N2O.C4H3ClN2.CH4O.B.Cl2OS.Na.H/c1-10-6(9)5-7-3-2-4-8-5;2*6-4-5-7-2-1-3-8-5;8-4-5-6-2-1-3-7-5;5-4-6-2-1-3-7-4;1-2;;1-4(2)3;;/h2-4H,1H3;1-3H,4H2;1-3H;1-3,8H,4H2;1-3H;2H,1H3;;;;/q;;;;;;;;+1;-1. The number of hydrogen-bond donors (Lipinski definition) is 2. The Morgan fingerprint density at radius 1 is 0.776 bits per heavy atom. The van der Waals surface area contributed by atoms with E-state index in [2.05, 4.69) is 75.9 Å². The molecule has 0 aliphatic rings. The molecule has 0 fully saturated rings. The number of hydrogen-bond acceptors (Lipinski definition) is 16. The van der Waals surface area contributed by atoms with Crippen LogP contribution < -0.4 is 29.6 Å². The number of nitrogens with zero attached hydrogens (tertiary/aromatic N) is 11. The number of aliphatic hydroxyl groups excluding tert-OH is 2. The number of rotatable bonds is 3. The maximum absolute atomic E-state index is 10.7. The number of esters is 1. The maximum atomic E-state index is 10.7. The Bertz CT molecular complexity index is 1470. The Morgan fingerprint density at radius 3 is 1.33 bits per heavy atom. The van der Waals surface area contributed by atoms with Crippen LogP contribution in [0.4, 0.5) is 0 Å². The van der Waals surface area contributed by atoms with E-state index in [9.17, 15) is 4.79 Å². The minimum Gasteiger partial charge on any atom is -1.00 e. The molecule has 0 unspecified atom stereocenters. The first-order valence-corrected chi connectivity index (χ1v) is 15.8. The Morgan fingerprint density at radius 2 is 1.10 bits per heavy atom. The quantitative estimate of drug-likeness (QED) is 0.0824. The number of ether oxygens (including phenoxy) is 1. The molecule has 5 aromatic heterocycles. The summed E-state index contributed by atoms with van der Waals surface area (Å²) in [6.45, 7) is -0.0825. The topological polar surface area (TPSA) is 237 Å². The van der Waals surface area contributed by atoms with Crippen molar-refractivity contribution in [2.45, 2.75) is 12.5 Å². The third-order valence-corrected chi connectivity index (χ3v) is 4.07. The minimum absolute atomic E-state index is 0. The van der Waals surface area contributed by atoms with Crippen LogP contribution in [0.25, 0.3) is 0 Å². The van der Waals surface area contributed by atoms with Crippen molar-refractivity contribution in [2.24, 2.45) is 0 Å². The summed E-state index contributed by atoms with van der Waals surface area (Å²) in [5, 5.41) is 23.9. The van der Waals surface area contributed by atoms with Crippen LogP contribution >= 0.6 is 44.6 Å². The molecule has 0 aromatic carbocycles. The van der Waals surface area contributed by atoms with Gasteiger partial charge < -0.3 is 16.4 Å². The zero-order valence-corrected chi connectivity index (χ0v) is 32.0. The van der Waals surface area contributed by atoms with Crippen LogP contribution in [0, 0.1) is 11.3 Å². The van der Waals surface area contributed by atoms with Gasteiger partial charge in [-0.1, -0.05) is 0 Å². The van der Waals surface area contributed by atoms with Gasteiger partial charge in [0.25, 0.3) is 0 Å². The number of halogens is 4. The second-order valence-electron chi connectivity index (χ2n) is 6.57. The molecule has 49 heavy (non-hydrogen) atoms. The fraction of sp³-hybridized carbons (Fsp3) is 0.154. The van der Waals surface area contributed by atoms with Gasteiger partial charge >= 0.3 is 35.5 Å². The fourth-order valence-electron chi connectivity index (χ4n) is 1.94. The van der Waals surface area contributed by atoms with Crippen LogP contribution in [-0.4, -0.2) is 92.9 Å². The molecule has 0 bridgehead atoms. The van der Waals surface area contributed by atoms with E-state index in [-0.39, 0.29) is 57.7 Å². The van der Waals surface area contributed by atoms with Gasteiger partial charge in [-0.2, -0.15) is 5.26 Å². The summed E-state index contributed by atoms with van der Waals surface area (Å²) in [4.78, 5) is 47.7. The zero-order valence-electron chi connectivity index (χ0n) is 27.1. The number of methoxy groups -OCH3 is 1. The third-order valence-electron chi connectivity index (χ3n) is 3.63. The molecule has 0 aliphatic carbocycles. The molecule has 16 nitrogen and oxygen atoms in total. The molecule has 3 radical (unpaired) electrons. The second-order valence-corrected chi connectivity index (χ2v) is 9.70. The van der Waals surface area contributed by atoms with Crippen molar-refractivity contribution in [3.05, 3.63) is 121 Å². The summed E-state index contributed by atoms with van der Waals surface area (Å²) in [5.74, 6) is 1.32. The Labute approximate surface area is 329 Å². The molecule has 2 N–H and O–H groups in total. The van der Waals surface area contributed by atoms with Crippen LogP contribution in [0.5, 0.6) is 0 Å². The largest absolute Gasteiger partial charge is 1.00 e. The fourth-order valence-corrected chi connectivity index (χ4v) is 2.19. The van der Waals surface area contributed by atoms with Crippen molar-refractivity contribution in [2.75, 3.05) is 14.2 Å². The summed E-state index contributed by atoms with van der Waals surface area (Å²) in [6, 6.07) is 10.3. The SMILES string of the molecule is CO.COC(=O)c1ncccn1.ClCc1ncccn1.Clc1ncccn1.N#Cc1ncccn1.O=S(Cl)Cl.OCc1ncccn1.[B].[H-].[Na+]. The number of alkyl halides is 1. The van der Waals surface area contributed by atoms with Gasteiger partial charge in [0.05, 0.1) is 13.0 Å². The van der Waals surface area contributed by atoms with Gasteiger partial charge in [-0.3, -0.25) is 0 Å². The molecule has 5 heterocycles. The average Bonchev–Trinajstić information content (AvgIpc) is 3.14. The molecule has 0 atom stereocenters. The van der Waals surface area contributed by atoms with Gasteiger partial charge in [-0.25, -0.2) is 58.8 Å². The van der Waals surface area contributed by atoms with Crippen molar-refractivity contribution in [3.63, 3.8) is 0 Å². The Balaban J connectivity index is -0.000000161. The van der Waals surface area contributed by atoms with Crippen LogP contribution in [-0.2, 0) is 26.5 Å². The molecule has 0 spiro atoms. The minimum atomic E-state index is -1.67. The molecule has 23 heteroatoms. The van der Waals surface area contributed by atoms with E-state index in [1.807, 2.05) is 0 Å². The van der Waals surface area contributed by atoms with Gasteiger partial charge in [-0.15, -0.1) is 11.6 Å². The molecular weight excluding hydrogens is 754 g/mol. The first kappa shape index (κ1) is 52.5. The molecule has 5 aromatic rings. The first-order chi connectivity index (χ1) is 22.8. The summed E-state index contributed by atoms with van der Waals surface area (Å²) in [7, 11) is 9.65. The van der Waals surface area contributed by atoms with Crippen molar-refractivity contribution in [3.8, 4) is 6.07 Å². The van der Waals surface area contributed by atoms with Crippen LogP contribution in [0.3, 0.4) is 0 Å². The summed E-state index contributed by atoms with van der Waals surface area (Å²) < 4.78 is 13.5. The number of carbonyl (C=O) groups excluding carboxylic acids is 1. The Kier molecular flexibility index (Phi) is 41.9.